The monoisotopic (exact) mass is 248 g/mol. The minimum Gasteiger partial charge on any atom is -0.342 e. The lowest BCUT2D eigenvalue weighted by atomic mass is 10.1. The number of allylic oxidation sites excluding steroid dienone is 1. The van der Waals surface area contributed by atoms with Crippen molar-refractivity contribution in [3.63, 3.8) is 0 Å². The third-order valence-corrected chi connectivity index (χ3v) is 3.15. The maximum atomic E-state index is 4.60. The van der Waals surface area contributed by atoms with Crippen molar-refractivity contribution in [2.45, 2.75) is 13.3 Å². The first-order chi connectivity index (χ1) is 9.35. The van der Waals surface area contributed by atoms with Gasteiger partial charge in [0.25, 0.3) is 0 Å². The van der Waals surface area contributed by atoms with Crippen molar-refractivity contribution in [3.8, 4) is 0 Å². The Morgan fingerprint density at radius 1 is 1.05 bits per heavy atom. The molecule has 1 heterocycles. The fraction of sp³-hybridized carbons (Fsp3) is 0.118. The zero-order valence-electron chi connectivity index (χ0n) is 10.9. The summed E-state index contributed by atoms with van der Waals surface area (Å²) < 4.78 is 0. The van der Waals surface area contributed by atoms with Gasteiger partial charge in [0.1, 0.15) is 5.82 Å². The van der Waals surface area contributed by atoms with E-state index in [-0.39, 0.29) is 0 Å². The molecule has 1 aromatic heterocycles. The fourth-order valence-corrected chi connectivity index (χ4v) is 2.22. The maximum absolute atomic E-state index is 4.60. The average molecular weight is 248 g/mol. The molecule has 0 fully saturated rings. The lowest BCUT2D eigenvalue weighted by Crippen LogP contribution is -1.90. The van der Waals surface area contributed by atoms with Gasteiger partial charge in [-0.15, -0.1) is 0 Å². The van der Waals surface area contributed by atoms with Crippen LogP contribution in [0.3, 0.4) is 0 Å². The van der Waals surface area contributed by atoms with Crippen LogP contribution in [0.1, 0.15) is 23.9 Å². The first kappa shape index (κ1) is 11.7. The van der Waals surface area contributed by atoms with Crippen molar-refractivity contribution >= 4 is 17.1 Å². The first-order valence-electron chi connectivity index (χ1n) is 6.50. The Hall–Kier alpha value is -2.35. The van der Waals surface area contributed by atoms with Crippen molar-refractivity contribution in [2.75, 3.05) is 0 Å². The standard InChI is InChI=1S/C17H16N2/c1-2-5-13-8-10-14(11-9-13)12-17-18-15-6-3-4-7-16(15)19-17/h2-11H,12H2,1H3,(H,18,19)/b5-2+. The molecule has 2 aromatic carbocycles. The molecule has 3 aromatic rings. The quantitative estimate of drug-likeness (QED) is 0.739. The normalized spacial score (nSPS) is 11.4. The third kappa shape index (κ3) is 2.58. The summed E-state index contributed by atoms with van der Waals surface area (Å²) >= 11 is 0. The Labute approximate surface area is 112 Å². The van der Waals surface area contributed by atoms with Crippen LogP contribution in [-0.2, 0) is 6.42 Å². The van der Waals surface area contributed by atoms with Gasteiger partial charge in [0.15, 0.2) is 0 Å². The molecule has 0 amide bonds. The second kappa shape index (κ2) is 5.11. The third-order valence-electron chi connectivity index (χ3n) is 3.15. The topological polar surface area (TPSA) is 28.7 Å². The molecular formula is C17H16N2. The van der Waals surface area contributed by atoms with Gasteiger partial charge >= 0.3 is 0 Å². The number of rotatable bonds is 3. The molecule has 2 heteroatoms. The molecule has 0 unspecified atom stereocenters. The Morgan fingerprint density at radius 3 is 2.58 bits per heavy atom. The number of hydrogen-bond acceptors (Lipinski definition) is 1. The van der Waals surface area contributed by atoms with Crippen molar-refractivity contribution in [1.29, 1.82) is 0 Å². The number of H-pyrrole nitrogens is 1. The summed E-state index contributed by atoms with van der Waals surface area (Å²) in [6.45, 7) is 2.03. The van der Waals surface area contributed by atoms with Gasteiger partial charge in [-0.25, -0.2) is 4.98 Å². The van der Waals surface area contributed by atoms with Crippen molar-refractivity contribution in [1.82, 2.24) is 9.97 Å². The van der Waals surface area contributed by atoms with Crippen LogP contribution in [0.15, 0.2) is 54.6 Å². The summed E-state index contributed by atoms with van der Waals surface area (Å²) in [4.78, 5) is 7.96. The van der Waals surface area contributed by atoms with E-state index in [2.05, 4.69) is 46.4 Å². The van der Waals surface area contributed by atoms with Crippen LogP contribution in [0.4, 0.5) is 0 Å². The summed E-state index contributed by atoms with van der Waals surface area (Å²) in [7, 11) is 0. The second-order valence-corrected chi connectivity index (χ2v) is 4.62. The largest absolute Gasteiger partial charge is 0.342 e. The predicted molar refractivity (Wildman–Crippen MR) is 80.0 cm³/mol. The summed E-state index contributed by atoms with van der Waals surface area (Å²) in [5.41, 5.74) is 4.63. The Kier molecular flexibility index (Phi) is 3.15. The molecule has 3 rings (SSSR count). The molecule has 19 heavy (non-hydrogen) atoms. The molecule has 2 nitrogen and oxygen atoms in total. The van der Waals surface area contributed by atoms with Gasteiger partial charge in [-0.05, 0) is 30.2 Å². The van der Waals surface area contributed by atoms with Gasteiger partial charge in [-0.3, -0.25) is 0 Å². The number of fused-ring (bicyclic) bond motifs is 1. The van der Waals surface area contributed by atoms with Crippen LogP contribution in [-0.4, -0.2) is 9.97 Å². The molecule has 0 aliphatic carbocycles. The van der Waals surface area contributed by atoms with Crippen LogP contribution >= 0.6 is 0 Å². The van der Waals surface area contributed by atoms with E-state index in [1.165, 1.54) is 11.1 Å². The van der Waals surface area contributed by atoms with Gasteiger partial charge in [0.2, 0.25) is 0 Å². The van der Waals surface area contributed by atoms with E-state index < -0.39 is 0 Å². The number of para-hydroxylation sites is 2. The van der Waals surface area contributed by atoms with E-state index in [0.29, 0.717) is 0 Å². The van der Waals surface area contributed by atoms with E-state index >= 15 is 0 Å². The van der Waals surface area contributed by atoms with Crippen LogP contribution in [0.2, 0.25) is 0 Å². The molecule has 0 atom stereocenters. The van der Waals surface area contributed by atoms with Gasteiger partial charge in [0, 0.05) is 6.42 Å². The number of nitrogens with one attached hydrogen (secondary N) is 1. The Bertz CT molecular complexity index is 672. The SMILES string of the molecule is C/C=C/c1ccc(Cc2nc3ccccc3[nH]2)cc1. The highest BCUT2D eigenvalue weighted by Crippen LogP contribution is 2.14. The molecule has 0 saturated heterocycles. The molecule has 0 aliphatic rings. The summed E-state index contributed by atoms with van der Waals surface area (Å²) in [5.74, 6) is 1.01. The zero-order valence-corrected chi connectivity index (χ0v) is 10.9. The average Bonchev–Trinajstić information content (AvgIpc) is 2.83. The number of nitrogens with zero attached hydrogens (tertiary/aromatic N) is 1. The zero-order chi connectivity index (χ0) is 13.1. The van der Waals surface area contributed by atoms with Crippen molar-refractivity contribution in [3.05, 3.63) is 71.6 Å². The summed E-state index contributed by atoms with van der Waals surface area (Å²) in [6.07, 6.45) is 4.99. The maximum Gasteiger partial charge on any atom is 0.111 e. The highest BCUT2D eigenvalue weighted by molar-refractivity contribution is 5.74. The fourth-order valence-electron chi connectivity index (χ4n) is 2.22. The highest BCUT2D eigenvalue weighted by Gasteiger charge is 2.02. The van der Waals surface area contributed by atoms with E-state index in [4.69, 9.17) is 0 Å². The molecule has 0 spiro atoms. The molecule has 1 N–H and O–H groups in total. The van der Waals surface area contributed by atoms with E-state index in [0.717, 1.165) is 23.3 Å². The van der Waals surface area contributed by atoms with Gasteiger partial charge in [-0.2, -0.15) is 0 Å². The minimum atomic E-state index is 0.838. The second-order valence-electron chi connectivity index (χ2n) is 4.62. The lowest BCUT2D eigenvalue weighted by Gasteiger charge is -1.99. The molecular weight excluding hydrogens is 232 g/mol. The lowest BCUT2D eigenvalue weighted by molar-refractivity contribution is 1.04. The Balaban J connectivity index is 1.84. The molecule has 0 radical (unpaired) electrons. The van der Waals surface area contributed by atoms with Crippen molar-refractivity contribution < 1.29 is 0 Å². The Morgan fingerprint density at radius 2 is 1.84 bits per heavy atom. The number of aromatic nitrogens is 2. The van der Waals surface area contributed by atoms with Gasteiger partial charge in [0.05, 0.1) is 11.0 Å². The van der Waals surface area contributed by atoms with Crippen LogP contribution in [0.5, 0.6) is 0 Å². The smallest absolute Gasteiger partial charge is 0.111 e. The molecule has 0 bridgehead atoms. The number of benzene rings is 2. The van der Waals surface area contributed by atoms with E-state index in [1.807, 2.05) is 31.2 Å². The molecule has 94 valence electrons. The van der Waals surface area contributed by atoms with Crippen LogP contribution in [0.25, 0.3) is 17.1 Å². The van der Waals surface area contributed by atoms with Gasteiger partial charge in [-0.1, -0.05) is 48.6 Å². The van der Waals surface area contributed by atoms with E-state index in [1.54, 1.807) is 0 Å². The number of hydrogen-bond donors (Lipinski definition) is 1. The van der Waals surface area contributed by atoms with Crippen LogP contribution in [0, 0.1) is 0 Å². The molecule has 0 aliphatic heterocycles. The highest BCUT2D eigenvalue weighted by atomic mass is 14.9. The molecule has 0 saturated carbocycles. The number of aromatic amines is 1. The summed E-state index contributed by atoms with van der Waals surface area (Å²) in [5, 5.41) is 0. The summed E-state index contributed by atoms with van der Waals surface area (Å²) in [6, 6.07) is 16.7. The van der Waals surface area contributed by atoms with Crippen molar-refractivity contribution in [2.24, 2.45) is 0 Å². The van der Waals surface area contributed by atoms with E-state index in [9.17, 15) is 0 Å². The first-order valence-corrected chi connectivity index (χ1v) is 6.50. The van der Waals surface area contributed by atoms with Gasteiger partial charge < -0.3 is 4.98 Å². The van der Waals surface area contributed by atoms with Crippen LogP contribution < -0.4 is 0 Å². The number of imidazole rings is 1. The minimum absolute atomic E-state index is 0.838. The predicted octanol–water partition coefficient (Wildman–Crippen LogP) is 4.19.